The molecule has 0 bridgehead atoms. The molecule has 128 valence electrons. The number of phenolic OH excluding ortho intramolecular Hbond substituents is 1. The Labute approximate surface area is 172 Å². The van der Waals surface area contributed by atoms with E-state index in [0.717, 1.165) is 37.3 Å². The standard InChI is InChI=1S/C17H17I2NO3S/c18-12-6-11(7-13(19)15(12)21)8-14-16(22)20(17(23)24-14)9-10-4-2-1-3-5-10/h6-8,10,21H,1-5,9H2/b14-8+. The summed E-state index contributed by atoms with van der Waals surface area (Å²) >= 11 is 5.13. The summed E-state index contributed by atoms with van der Waals surface area (Å²) in [6.07, 6.45) is 7.61. The molecule has 1 N–H and O–H groups in total. The van der Waals surface area contributed by atoms with Crippen molar-refractivity contribution < 1.29 is 14.7 Å². The third kappa shape index (κ3) is 4.09. The molecule has 1 heterocycles. The van der Waals surface area contributed by atoms with Crippen LogP contribution in [0.3, 0.4) is 0 Å². The second-order valence-electron chi connectivity index (χ2n) is 6.13. The maximum Gasteiger partial charge on any atom is 0.293 e. The molecule has 0 unspecified atom stereocenters. The van der Waals surface area contributed by atoms with E-state index >= 15 is 0 Å². The van der Waals surface area contributed by atoms with Crippen molar-refractivity contribution in [3.05, 3.63) is 29.7 Å². The maximum atomic E-state index is 12.6. The maximum absolute atomic E-state index is 12.6. The number of nitrogens with zero attached hydrogens (tertiary/aromatic N) is 1. The number of thioether (sulfide) groups is 1. The lowest BCUT2D eigenvalue weighted by Gasteiger charge is -2.25. The van der Waals surface area contributed by atoms with Gasteiger partial charge in [-0.2, -0.15) is 0 Å². The molecule has 0 spiro atoms. The number of benzene rings is 1. The van der Waals surface area contributed by atoms with Crippen LogP contribution in [0.5, 0.6) is 5.75 Å². The number of carbonyl (C=O) groups excluding carboxylic acids is 2. The third-order valence-corrected chi connectivity index (χ3v) is 6.93. The molecule has 1 aliphatic carbocycles. The Balaban J connectivity index is 1.78. The van der Waals surface area contributed by atoms with Gasteiger partial charge >= 0.3 is 0 Å². The van der Waals surface area contributed by atoms with E-state index in [0.29, 0.717) is 17.4 Å². The summed E-state index contributed by atoms with van der Waals surface area (Å²) in [6, 6.07) is 3.63. The minimum Gasteiger partial charge on any atom is -0.506 e. The number of amides is 2. The van der Waals surface area contributed by atoms with Crippen LogP contribution >= 0.6 is 56.9 Å². The number of imide groups is 1. The van der Waals surface area contributed by atoms with Crippen LogP contribution in [-0.2, 0) is 4.79 Å². The SMILES string of the molecule is O=C1S/C(=C/c2cc(I)c(O)c(I)c2)C(=O)N1CC1CCCCC1. The molecule has 4 nitrogen and oxygen atoms in total. The van der Waals surface area contributed by atoms with E-state index in [9.17, 15) is 14.7 Å². The Morgan fingerprint density at radius 1 is 1.17 bits per heavy atom. The van der Waals surface area contributed by atoms with Crippen molar-refractivity contribution in [3.63, 3.8) is 0 Å². The van der Waals surface area contributed by atoms with Gasteiger partial charge in [0.05, 0.1) is 12.0 Å². The summed E-state index contributed by atoms with van der Waals surface area (Å²) in [7, 11) is 0. The number of hydrogen-bond donors (Lipinski definition) is 1. The fraction of sp³-hybridized carbons (Fsp3) is 0.412. The van der Waals surface area contributed by atoms with Gasteiger partial charge < -0.3 is 5.11 Å². The Morgan fingerprint density at radius 2 is 1.79 bits per heavy atom. The topological polar surface area (TPSA) is 57.6 Å². The molecule has 2 fully saturated rings. The monoisotopic (exact) mass is 569 g/mol. The van der Waals surface area contributed by atoms with Crippen LogP contribution in [-0.4, -0.2) is 27.7 Å². The zero-order valence-corrected chi connectivity index (χ0v) is 18.1. The highest BCUT2D eigenvalue weighted by Crippen LogP contribution is 2.36. The minimum absolute atomic E-state index is 0.167. The van der Waals surface area contributed by atoms with Gasteiger partial charge in [0, 0.05) is 6.54 Å². The zero-order valence-electron chi connectivity index (χ0n) is 12.9. The van der Waals surface area contributed by atoms with Gasteiger partial charge in [0.2, 0.25) is 0 Å². The smallest absolute Gasteiger partial charge is 0.293 e. The Morgan fingerprint density at radius 3 is 2.42 bits per heavy atom. The summed E-state index contributed by atoms with van der Waals surface area (Å²) < 4.78 is 1.46. The lowest BCUT2D eigenvalue weighted by molar-refractivity contribution is -0.123. The highest BCUT2D eigenvalue weighted by molar-refractivity contribution is 14.1. The van der Waals surface area contributed by atoms with Gasteiger partial charge in [0.1, 0.15) is 5.75 Å². The Bertz CT molecular complexity index is 691. The Kier molecular flexibility index (Phi) is 6.12. The first kappa shape index (κ1) is 18.5. The summed E-state index contributed by atoms with van der Waals surface area (Å²) in [6.45, 7) is 0.548. The van der Waals surface area contributed by atoms with Crippen molar-refractivity contribution >= 4 is 74.2 Å². The average Bonchev–Trinajstić information content (AvgIpc) is 2.81. The van der Waals surface area contributed by atoms with E-state index in [2.05, 4.69) is 45.2 Å². The van der Waals surface area contributed by atoms with Crippen LogP contribution in [0.25, 0.3) is 6.08 Å². The molecular weight excluding hydrogens is 552 g/mol. The lowest BCUT2D eigenvalue weighted by Crippen LogP contribution is -2.34. The van der Waals surface area contributed by atoms with E-state index in [1.807, 2.05) is 12.1 Å². The van der Waals surface area contributed by atoms with Crippen LogP contribution in [0.2, 0.25) is 0 Å². The molecule has 0 atom stereocenters. The summed E-state index contributed by atoms with van der Waals surface area (Å²) in [4.78, 5) is 26.7. The van der Waals surface area contributed by atoms with Crippen LogP contribution in [0.15, 0.2) is 17.0 Å². The molecule has 1 saturated carbocycles. The van der Waals surface area contributed by atoms with Gasteiger partial charge in [-0.05, 0) is 99.5 Å². The molecule has 1 saturated heterocycles. The predicted molar refractivity (Wildman–Crippen MR) is 113 cm³/mol. The minimum atomic E-state index is -0.186. The van der Waals surface area contributed by atoms with Gasteiger partial charge in [-0.3, -0.25) is 14.5 Å². The molecule has 2 aliphatic rings. The summed E-state index contributed by atoms with van der Waals surface area (Å²) in [5, 5.41) is 9.67. The number of phenols is 1. The fourth-order valence-electron chi connectivity index (χ4n) is 3.11. The average molecular weight is 569 g/mol. The molecule has 1 aromatic carbocycles. The second-order valence-corrected chi connectivity index (χ2v) is 9.45. The molecule has 7 heteroatoms. The quantitative estimate of drug-likeness (QED) is 0.401. The van der Waals surface area contributed by atoms with Crippen LogP contribution in [0, 0.1) is 13.1 Å². The van der Waals surface area contributed by atoms with E-state index in [1.54, 1.807) is 6.08 Å². The normalized spacial score (nSPS) is 21.1. The molecular formula is C17H17I2NO3S. The van der Waals surface area contributed by atoms with Crippen molar-refractivity contribution in [1.29, 1.82) is 0 Å². The van der Waals surface area contributed by atoms with E-state index < -0.39 is 0 Å². The van der Waals surface area contributed by atoms with Gasteiger partial charge in [0.25, 0.3) is 11.1 Å². The van der Waals surface area contributed by atoms with Gasteiger partial charge in [-0.25, -0.2) is 0 Å². The zero-order chi connectivity index (χ0) is 17.3. The molecule has 1 aliphatic heterocycles. The molecule has 0 radical (unpaired) electrons. The fourth-order valence-corrected chi connectivity index (χ4v) is 5.77. The largest absolute Gasteiger partial charge is 0.506 e. The van der Waals surface area contributed by atoms with E-state index in [1.165, 1.54) is 24.2 Å². The lowest BCUT2D eigenvalue weighted by atomic mass is 9.89. The van der Waals surface area contributed by atoms with Crippen LogP contribution < -0.4 is 0 Å². The number of halogens is 2. The first-order valence-electron chi connectivity index (χ1n) is 7.89. The van der Waals surface area contributed by atoms with Crippen LogP contribution in [0.4, 0.5) is 4.79 Å². The van der Waals surface area contributed by atoms with E-state index in [4.69, 9.17) is 0 Å². The van der Waals surface area contributed by atoms with E-state index in [-0.39, 0.29) is 16.9 Å². The van der Waals surface area contributed by atoms with Crippen molar-refractivity contribution in [3.8, 4) is 5.75 Å². The molecule has 0 aromatic heterocycles. The first-order valence-corrected chi connectivity index (χ1v) is 10.9. The molecule has 24 heavy (non-hydrogen) atoms. The van der Waals surface area contributed by atoms with Crippen molar-refractivity contribution in [2.45, 2.75) is 32.1 Å². The Hall–Kier alpha value is -0.290. The van der Waals surface area contributed by atoms with Gasteiger partial charge in [-0.15, -0.1) is 0 Å². The predicted octanol–water partition coefficient (Wildman–Crippen LogP) is 5.22. The van der Waals surface area contributed by atoms with Crippen LogP contribution in [0.1, 0.15) is 37.7 Å². The van der Waals surface area contributed by atoms with Crippen molar-refractivity contribution in [2.24, 2.45) is 5.92 Å². The number of aromatic hydroxyl groups is 1. The highest BCUT2D eigenvalue weighted by atomic mass is 127. The number of carbonyl (C=O) groups is 2. The number of rotatable bonds is 3. The van der Waals surface area contributed by atoms with Crippen molar-refractivity contribution in [1.82, 2.24) is 4.90 Å². The highest BCUT2D eigenvalue weighted by Gasteiger charge is 2.36. The molecule has 2 amide bonds. The van der Waals surface area contributed by atoms with Gasteiger partial charge in [0.15, 0.2) is 0 Å². The molecule has 3 rings (SSSR count). The first-order chi connectivity index (χ1) is 11.5. The number of hydrogen-bond acceptors (Lipinski definition) is 4. The second kappa shape index (κ2) is 7.94. The summed E-state index contributed by atoms with van der Waals surface area (Å²) in [5.74, 6) is 0.509. The van der Waals surface area contributed by atoms with Gasteiger partial charge in [-0.1, -0.05) is 19.3 Å². The molecule has 1 aromatic rings. The van der Waals surface area contributed by atoms with Crippen molar-refractivity contribution in [2.75, 3.05) is 6.54 Å². The third-order valence-electron chi connectivity index (χ3n) is 4.38. The summed E-state index contributed by atoms with van der Waals surface area (Å²) in [5.41, 5.74) is 0.824.